The van der Waals surface area contributed by atoms with Gasteiger partial charge in [0.1, 0.15) is 11.5 Å². The van der Waals surface area contributed by atoms with E-state index in [4.69, 9.17) is 0 Å². The molecule has 4 nitrogen and oxygen atoms in total. The number of aromatic hydroxyl groups is 2. The van der Waals surface area contributed by atoms with Gasteiger partial charge >= 0.3 is 0 Å². The molecule has 0 saturated carbocycles. The van der Waals surface area contributed by atoms with E-state index in [0.29, 0.717) is 22.4 Å². The summed E-state index contributed by atoms with van der Waals surface area (Å²) in [5.41, 5.74) is 3.08. The first-order chi connectivity index (χ1) is 9.40. The highest BCUT2D eigenvalue weighted by atomic mass is 16.3. The van der Waals surface area contributed by atoms with Crippen LogP contribution in [0.2, 0.25) is 0 Å². The van der Waals surface area contributed by atoms with Gasteiger partial charge in [-0.3, -0.25) is 4.79 Å². The minimum absolute atomic E-state index is 0.0938. The number of amides is 1. The molecule has 1 amide bonds. The van der Waals surface area contributed by atoms with Crippen LogP contribution in [0.3, 0.4) is 0 Å². The van der Waals surface area contributed by atoms with Crippen molar-refractivity contribution in [3.63, 3.8) is 0 Å². The van der Waals surface area contributed by atoms with E-state index in [0.717, 1.165) is 5.56 Å². The standard InChI is InChI=1S/C16H17NO3/c1-9-8-15(19)10(2)7-13(9)17-16(20)12-5-4-6-14(18)11(12)3/h4-8,18-19H,1-3H3,(H,17,20). The van der Waals surface area contributed by atoms with Gasteiger partial charge in [0.05, 0.1) is 0 Å². The highest BCUT2D eigenvalue weighted by molar-refractivity contribution is 6.06. The van der Waals surface area contributed by atoms with Crippen molar-refractivity contribution in [2.75, 3.05) is 5.32 Å². The van der Waals surface area contributed by atoms with Crippen molar-refractivity contribution in [1.29, 1.82) is 0 Å². The number of aryl methyl sites for hydroxylation is 2. The lowest BCUT2D eigenvalue weighted by Gasteiger charge is -2.12. The first-order valence-electron chi connectivity index (χ1n) is 6.30. The third-order valence-corrected chi connectivity index (χ3v) is 3.34. The highest BCUT2D eigenvalue weighted by Gasteiger charge is 2.13. The number of phenolic OH excluding ortho intramolecular Hbond substituents is 2. The van der Waals surface area contributed by atoms with Crippen molar-refractivity contribution in [2.24, 2.45) is 0 Å². The fraction of sp³-hybridized carbons (Fsp3) is 0.188. The van der Waals surface area contributed by atoms with Crippen LogP contribution in [0.4, 0.5) is 5.69 Å². The van der Waals surface area contributed by atoms with Gasteiger partial charge in [-0.05, 0) is 56.2 Å². The van der Waals surface area contributed by atoms with Gasteiger partial charge < -0.3 is 15.5 Å². The lowest BCUT2D eigenvalue weighted by molar-refractivity contribution is 0.102. The lowest BCUT2D eigenvalue weighted by Crippen LogP contribution is -2.14. The maximum absolute atomic E-state index is 12.3. The van der Waals surface area contributed by atoms with Gasteiger partial charge in [-0.1, -0.05) is 6.07 Å². The molecule has 0 bridgehead atoms. The molecule has 0 heterocycles. The Labute approximate surface area is 117 Å². The molecular weight excluding hydrogens is 254 g/mol. The van der Waals surface area contributed by atoms with Gasteiger partial charge in [0.2, 0.25) is 0 Å². The summed E-state index contributed by atoms with van der Waals surface area (Å²) in [6, 6.07) is 8.17. The molecule has 20 heavy (non-hydrogen) atoms. The van der Waals surface area contributed by atoms with E-state index in [9.17, 15) is 15.0 Å². The molecule has 0 aliphatic heterocycles. The molecule has 0 unspecified atom stereocenters. The number of carbonyl (C=O) groups is 1. The number of phenols is 2. The van der Waals surface area contributed by atoms with Gasteiger partial charge in [-0.15, -0.1) is 0 Å². The van der Waals surface area contributed by atoms with Crippen molar-refractivity contribution in [3.8, 4) is 11.5 Å². The summed E-state index contributed by atoms with van der Waals surface area (Å²) in [7, 11) is 0. The fourth-order valence-corrected chi connectivity index (χ4v) is 1.99. The quantitative estimate of drug-likeness (QED) is 0.734. The van der Waals surface area contributed by atoms with Crippen LogP contribution in [-0.2, 0) is 0 Å². The molecule has 0 atom stereocenters. The van der Waals surface area contributed by atoms with Crippen molar-refractivity contribution in [1.82, 2.24) is 0 Å². The predicted octanol–water partition coefficient (Wildman–Crippen LogP) is 3.28. The Hall–Kier alpha value is -2.49. The fourth-order valence-electron chi connectivity index (χ4n) is 1.99. The molecule has 2 aromatic rings. The zero-order chi connectivity index (χ0) is 14.9. The van der Waals surface area contributed by atoms with Crippen molar-refractivity contribution in [2.45, 2.75) is 20.8 Å². The number of hydrogen-bond acceptors (Lipinski definition) is 3. The van der Waals surface area contributed by atoms with E-state index in [-0.39, 0.29) is 17.4 Å². The van der Waals surface area contributed by atoms with Gasteiger partial charge in [0.15, 0.2) is 0 Å². The Morgan fingerprint density at radius 2 is 1.70 bits per heavy atom. The molecule has 0 aromatic heterocycles. The Balaban J connectivity index is 2.33. The smallest absolute Gasteiger partial charge is 0.256 e. The highest BCUT2D eigenvalue weighted by Crippen LogP contribution is 2.26. The number of hydrogen-bond donors (Lipinski definition) is 3. The summed E-state index contributed by atoms with van der Waals surface area (Å²) in [5, 5.41) is 22.0. The van der Waals surface area contributed by atoms with Crippen molar-refractivity contribution >= 4 is 11.6 Å². The van der Waals surface area contributed by atoms with Crippen LogP contribution in [0.5, 0.6) is 11.5 Å². The molecule has 4 heteroatoms. The molecule has 0 spiro atoms. The molecule has 0 radical (unpaired) electrons. The SMILES string of the molecule is Cc1cc(NC(=O)c2cccc(O)c2C)c(C)cc1O. The number of rotatable bonds is 2. The average molecular weight is 271 g/mol. The summed E-state index contributed by atoms with van der Waals surface area (Å²) in [6.07, 6.45) is 0. The maximum Gasteiger partial charge on any atom is 0.256 e. The molecule has 2 rings (SSSR count). The maximum atomic E-state index is 12.3. The summed E-state index contributed by atoms with van der Waals surface area (Å²) in [6.45, 7) is 5.27. The van der Waals surface area contributed by atoms with Gasteiger partial charge in [-0.25, -0.2) is 0 Å². The summed E-state index contributed by atoms with van der Waals surface area (Å²) < 4.78 is 0. The molecule has 0 fully saturated rings. The van der Waals surface area contributed by atoms with Gasteiger partial charge in [-0.2, -0.15) is 0 Å². The third-order valence-electron chi connectivity index (χ3n) is 3.34. The van der Waals surface area contributed by atoms with Crippen LogP contribution in [0.1, 0.15) is 27.0 Å². The number of benzene rings is 2. The van der Waals surface area contributed by atoms with Crippen molar-refractivity contribution in [3.05, 3.63) is 52.6 Å². The number of anilines is 1. The molecule has 0 saturated heterocycles. The molecule has 3 N–H and O–H groups in total. The van der Waals surface area contributed by atoms with E-state index >= 15 is 0 Å². The number of nitrogens with one attached hydrogen (secondary N) is 1. The monoisotopic (exact) mass is 271 g/mol. The molecule has 104 valence electrons. The zero-order valence-electron chi connectivity index (χ0n) is 11.7. The van der Waals surface area contributed by atoms with E-state index < -0.39 is 0 Å². The van der Waals surface area contributed by atoms with Crippen molar-refractivity contribution < 1.29 is 15.0 Å². The third kappa shape index (κ3) is 2.59. The second kappa shape index (κ2) is 5.25. The van der Waals surface area contributed by atoms with E-state index in [1.165, 1.54) is 0 Å². The Morgan fingerprint density at radius 3 is 2.40 bits per heavy atom. The van der Waals surface area contributed by atoms with Crippen LogP contribution < -0.4 is 5.32 Å². The first kappa shape index (κ1) is 13.9. The summed E-state index contributed by atoms with van der Waals surface area (Å²) in [5.74, 6) is 0.0110. The minimum Gasteiger partial charge on any atom is -0.508 e. The van der Waals surface area contributed by atoms with E-state index in [1.54, 1.807) is 44.2 Å². The Morgan fingerprint density at radius 1 is 1.00 bits per heavy atom. The molecular formula is C16H17NO3. The second-order valence-electron chi connectivity index (χ2n) is 4.86. The zero-order valence-corrected chi connectivity index (χ0v) is 11.7. The largest absolute Gasteiger partial charge is 0.508 e. The second-order valence-corrected chi connectivity index (χ2v) is 4.86. The van der Waals surface area contributed by atoms with Crippen LogP contribution in [0.15, 0.2) is 30.3 Å². The Kier molecular flexibility index (Phi) is 3.66. The average Bonchev–Trinajstić information content (AvgIpc) is 2.39. The van der Waals surface area contributed by atoms with Gasteiger partial charge in [0, 0.05) is 16.8 Å². The molecule has 0 aliphatic carbocycles. The van der Waals surface area contributed by atoms with E-state index in [1.807, 2.05) is 6.92 Å². The van der Waals surface area contributed by atoms with Crippen LogP contribution in [-0.4, -0.2) is 16.1 Å². The summed E-state index contributed by atoms with van der Waals surface area (Å²) >= 11 is 0. The van der Waals surface area contributed by atoms with Crippen LogP contribution in [0, 0.1) is 20.8 Å². The molecule has 0 aliphatic rings. The summed E-state index contributed by atoms with van der Waals surface area (Å²) in [4.78, 5) is 12.3. The predicted molar refractivity (Wildman–Crippen MR) is 78.4 cm³/mol. The normalized spacial score (nSPS) is 10.3. The molecule has 2 aromatic carbocycles. The lowest BCUT2D eigenvalue weighted by atomic mass is 10.1. The van der Waals surface area contributed by atoms with Crippen LogP contribution in [0.25, 0.3) is 0 Å². The minimum atomic E-state index is -0.286. The topological polar surface area (TPSA) is 69.6 Å². The first-order valence-corrected chi connectivity index (χ1v) is 6.30. The van der Waals surface area contributed by atoms with Gasteiger partial charge in [0.25, 0.3) is 5.91 Å². The number of carbonyl (C=O) groups excluding carboxylic acids is 1. The Bertz CT molecular complexity index is 678. The van der Waals surface area contributed by atoms with Crippen LogP contribution >= 0.6 is 0 Å². The van der Waals surface area contributed by atoms with E-state index in [2.05, 4.69) is 5.32 Å².